The Balaban J connectivity index is 2.10. The summed E-state index contributed by atoms with van der Waals surface area (Å²) >= 11 is 0. The molecule has 2 rings (SSSR count). The lowest BCUT2D eigenvalue weighted by Gasteiger charge is -2.47. The first kappa shape index (κ1) is 14.2. The summed E-state index contributed by atoms with van der Waals surface area (Å²) in [5.41, 5.74) is -0.505. The van der Waals surface area contributed by atoms with Gasteiger partial charge in [-0.15, -0.1) is 0 Å². The molecule has 2 fully saturated rings. The van der Waals surface area contributed by atoms with Crippen molar-refractivity contribution in [3.63, 3.8) is 0 Å². The third kappa shape index (κ3) is 3.19. The van der Waals surface area contributed by atoms with Crippen LogP contribution in [0.25, 0.3) is 0 Å². The monoisotopic (exact) mass is 269 g/mol. The van der Waals surface area contributed by atoms with Crippen LogP contribution in [0.4, 0.5) is 4.79 Å². The molecule has 0 aliphatic carbocycles. The van der Waals surface area contributed by atoms with Crippen LogP contribution in [0.1, 0.15) is 52.9 Å². The lowest BCUT2D eigenvalue weighted by Crippen LogP contribution is -2.56. The van der Waals surface area contributed by atoms with E-state index in [4.69, 9.17) is 4.74 Å². The molecule has 0 saturated carbocycles. The maximum absolute atomic E-state index is 12.3. The molecule has 5 nitrogen and oxygen atoms in total. The summed E-state index contributed by atoms with van der Waals surface area (Å²) in [5.74, 6) is -1.05. The molecule has 19 heavy (non-hydrogen) atoms. The molecule has 2 heterocycles. The number of carbonyl (C=O) groups excluding carboxylic acids is 1. The Labute approximate surface area is 113 Å². The van der Waals surface area contributed by atoms with Gasteiger partial charge < -0.3 is 14.7 Å². The molecule has 1 N–H and O–H groups in total. The number of ether oxygens (including phenoxy) is 1. The molecule has 0 aromatic carbocycles. The van der Waals surface area contributed by atoms with Crippen LogP contribution < -0.4 is 0 Å². The number of piperidine rings is 2. The number of carboxylic acids is 1. The van der Waals surface area contributed by atoms with Crippen LogP contribution in [0.2, 0.25) is 0 Å². The van der Waals surface area contributed by atoms with Gasteiger partial charge >= 0.3 is 12.1 Å². The zero-order chi connectivity index (χ0) is 14.2. The molecular weight excluding hydrogens is 246 g/mol. The standard InChI is InChI=1S/C14H23NO4/c1-14(2,3)19-13(18)15-10-5-4-6-11(15)8-9(7-10)12(16)17/h9-11H,4-8H2,1-3H3,(H,16,17)/t9?,10-,11+. The van der Waals surface area contributed by atoms with E-state index in [0.717, 1.165) is 19.3 Å². The number of fused-ring (bicyclic) bond motifs is 2. The average molecular weight is 269 g/mol. The third-order valence-corrected chi connectivity index (χ3v) is 3.93. The van der Waals surface area contributed by atoms with Gasteiger partial charge in [0.15, 0.2) is 0 Å². The predicted molar refractivity (Wildman–Crippen MR) is 69.9 cm³/mol. The molecule has 5 heteroatoms. The Bertz CT molecular complexity index is 360. The molecule has 1 amide bonds. The molecule has 108 valence electrons. The number of aliphatic carboxylic acids is 1. The van der Waals surface area contributed by atoms with E-state index >= 15 is 0 Å². The van der Waals surface area contributed by atoms with E-state index in [1.54, 1.807) is 4.90 Å². The smallest absolute Gasteiger partial charge is 0.410 e. The second-order valence-corrected chi connectivity index (χ2v) is 6.63. The van der Waals surface area contributed by atoms with Crippen LogP contribution in [-0.4, -0.2) is 39.8 Å². The van der Waals surface area contributed by atoms with E-state index in [1.807, 2.05) is 20.8 Å². The zero-order valence-electron chi connectivity index (χ0n) is 11.9. The Kier molecular flexibility index (Phi) is 3.74. The molecule has 2 saturated heterocycles. The Morgan fingerprint density at radius 2 is 1.68 bits per heavy atom. The molecule has 2 bridgehead atoms. The minimum atomic E-state index is -0.735. The molecular formula is C14H23NO4. The summed E-state index contributed by atoms with van der Waals surface area (Å²) < 4.78 is 5.45. The highest BCUT2D eigenvalue weighted by Gasteiger charge is 2.44. The highest BCUT2D eigenvalue weighted by Crippen LogP contribution is 2.37. The lowest BCUT2D eigenvalue weighted by atomic mass is 9.78. The van der Waals surface area contributed by atoms with Gasteiger partial charge in [-0.05, 0) is 52.9 Å². The van der Waals surface area contributed by atoms with Crippen molar-refractivity contribution in [3.8, 4) is 0 Å². The molecule has 0 radical (unpaired) electrons. The maximum Gasteiger partial charge on any atom is 0.410 e. The van der Waals surface area contributed by atoms with Crippen molar-refractivity contribution in [2.45, 2.75) is 70.6 Å². The maximum atomic E-state index is 12.3. The largest absolute Gasteiger partial charge is 0.481 e. The van der Waals surface area contributed by atoms with Crippen molar-refractivity contribution in [1.29, 1.82) is 0 Å². The molecule has 0 aromatic rings. The minimum absolute atomic E-state index is 0.0310. The van der Waals surface area contributed by atoms with Crippen LogP contribution in [0.15, 0.2) is 0 Å². The fraction of sp³-hybridized carbons (Fsp3) is 0.857. The van der Waals surface area contributed by atoms with Crippen molar-refractivity contribution in [1.82, 2.24) is 4.90 Å². The Morgan fingerprint density at radius 3 is 2.11 bits per heavy atom. The first-order valence-corrected chi connectivity index (χ1v) is 7.02. The van der Waals surface area contributed by atoms with Crippen LogP contribution in [0.3, 0.4) is 0 Å². The van der Waals surface area contributed by atoms with E-state index < -0.39 is 11.6 Å². The van der Waals surface area contributed by atoms with E-state index in [9.17, 15) is 14.7 Å². The fourth-order valence-electron chi connectivity index (χ4n) is 3.20. The first-order chi connectivity index (χ1) is 8.78. The molecule has 3 atom stereocenters. The average Bonchev–Trinajstić information content (AvgIpc) is 2.24. The van der Waals surface area contributed by atoms with Crippen molar-refractivity contribution in [2.24, 2.45) is 5.92 Å². The number of carboxylic acid groups (broad SMARTS) is 1. The summed E-state index contributed by atoms with van der Waals surface area (Å²) in [7, 11) is 0. The number of amides is 1. The van der Waals surface area contributed by atoms with E-state index in [-0.39, 0.29) is 24.1 Å². The molecule has 2 aliphatic heterocycles. The molecule has 1 unspecified atom stereocenters. The minimum Gasteiger partial charge on any atom is -0.481 e. The van der Waals surface area contributed by atoms with Gasteiger partial charge in [-0.3, -0.25) is 4.79 Å². The number of rotatable bonds is 1. The van der Waals surface area contributed by atoms with Gasteiger partial charge in [0.25, 0.3) is 0 Å². The van der Waals surface area contributed by atoms with Gasteiger partial charge in [-0.2, -0.15) is 0 Å². The van der Waals surface area contributed by atoms with Gasteiger partial charge in [-0.1, -0.05) is 0 Å². The molecule has 0 spiro atoms. The van der Waals surface area contributed by atoms with Crippen molar-refractivity contribution >= 4 is 12.1 Å². The van der Waals surface area contributed by atoms with Crippen LogP contribution in [0.5, 0.6) is 0 Å². The van der Waals surface area contributed by atoms with Gasteiger partial charge in [0.05, 0.1) is 5.92 Å². The summed E-state index contributed by atoms with van der Waals surface area (Å²) in [6.07, 6.45) is 3.68. The highest BCUT2D eigenvalue weighted by atomic mass is 16.6. The summed E-state index contributed by atoms with van der Waals surface area (Å²) in [5, 5.41) is 9.17. The van der Waals surface area contributed by atoms with Gasteiger partial charge in [0.2, 0.25) is 0 Å². The van der Waals surface area contributed by atoms with Crippen molar-refractivity contribution in [2.75, 3.05) is 0 Å². The predicted octanol–water partition coefficient (Wildman–Crippen LogP) is 2.64. The SMILES string of the molecule is CC(C)(C)OC(=O)N1[C@@H]2CCC[C@H]1CC(C(=O)O)C2. The normalized spacial score (nSPS) is 30.9. The summed E-state index contributed by atoms with van der Waals surface area (Å²) in [6, 6.07) is 0.0619. The number of nitrogens with zero attached hydrogens (tertiary/aromatic N) is 1. The van der Waals surface area contributed by atoms with Crippen LogP contribution >= 0.6 is 0 Å². The molecule has 0 aromatic heterocycles. The summed E-state index contributed by atoms with van der Waals surface area (Å²) in [6.45, 7) is 5.56. The first-order valence-electron chi connectivity index (χ1n) is 7.02. The number of hydrogen-bond acceptors (Lipinski definition) is 3. The highest BCUT2D eigenvalue weighted by molar-refractivity contribution is 5.73. The van der Waals surface area contributed by atoms with Crippen molar-refractivity contribution < 1.29 is 19.4 Å². The number of carbonyl (C=O) groups is 2. The van der Waals surface area contributed by atoms with Crippen LogP contribution in [-0.2, 0) is 9.53 Å². The van der Waals surface area contributed by atoms with E-state index in [2.05, 4.69) is 0 Å². The van der Waals surface area contributed by atoms with Gasteiger partial charge in [0.1, 0.15) is 5.60 Å². The zero-order valence-corrected chi connectivity index (χ0v) is 11.9. The Hall–Kier alpha value is -1.26. The van der Waals surface area contributed by atoms with E-state index in [0.29, 0.717) is 12.8 Å². The van der Waals surface area contributed by atoms with Crippen molar-refractivity contribution in [3.05, 3.63) is 0 Å². The number of hydrogen-bond donors (Lipinski definition) is 1. The fourth-order valence-corrected chi connectivity index (χ4v) is 3.20. The van der Waals surface area contributed by atoms with E-state index in [1.165, 1.54) is 0 Å². The van der Waals surface area contributed by atoms with Gasteiger partial charge in [0, 0.05) is 12.1 Å². The second-order valence-electron chi connectivity index (χ2n) is 6.63. The third-order valence-electron chi connectivity index (χ3n) is 3.93. The lowest BCUT2D eigenvalue weighted by molar-refractivity contribution is -0.146. The topological polar surface area (TPSA) is 66.8 Å². The second kappa shape index (κ2) is 5.02. The summed E-state index contributed by atoms with van der Waals surface area (Å²) in [4.78, 5) is 25.2. The Morgan fingerprint density at radius 1 is 1.16 bits per heavy atom. The molecule has 2 aliphatic rings. The van der Waals surface area contributed by atoms with Gasteiger partial charge in [-0.25, -0.2) is 4.79 Å². The quantitative estimate of drug-likeness (QED) is 0.794. The van der Waals surface area contributed by atoms with Crippen LogP contribution in [0, 0.1) is 5.92 Å².